The van der Waals surface area contributed by atoms with Crippen LogP contribution < -0.4 is 5.32 Å². The van der Waals surface area contributed by atoms with Crippen molar-refractivity contribution in [3.8, 4) is 0 Å². The largest absolute Gasteiger partial charge is 0.396 e. The molecule has 0 amide bonds. The van der Waals surface area contributed by atoms with Crippen molar-refractivity contribution in [3.05, 3.63) is 30.5 Å². The summed E-state index contributed by atoms with van der Waals surface area (Å²) in [5.41, 5.74) is 1.84. The lowest BCUT2D eigenvalue weighted by Gasteiger charge is -2.26. The number of aromatic nitrogens is 2. The predicted molar refractivity (Wildman–Crippen MR) is 76.0 cm³/mol. The molecule has 0 saturated heterocycles. The van der Waals surface area contributed by atoms with E-state index in [1.54, 1.807) is 6.20 Å². The van der Waals surface area contributed by atoms with Crippen LogP contribution in [0.4, 0.5) is 5.82 Å². The standard InChI is InChI=1S/C15H19N3O/c19-11-15(7-3-4-8-15)10-17-14-9-16-12-5-1-2-6-13(12)18-14/h1-2,5-6,9,19H,3-4,7-8,10-11H2,(H,17,18). The molecule has 2 N–H and O–H groups in total. The van der Waals surface area contributed by atoms with Gasteiger partial charge < -0.3 is 10.4 Å². The Balaban J connectivity index is 1.74. The summed E-state index contributed by atoms with van der Waals surface area (Å²) < 4.78 is 0. The number of hydrogen-bond acceptors (Lipinski definition) is 4. The molecule has 100 valence electrons. The Kier molecular flexibility index (Phi) is 3.34. The minimum atomic E-state index is 0.0350. The molecule has 0 bridgehead atoms. The second-order valence-corrected chi connectivity index (χ2v) is 5.46. The number of anilines is 1. The van der Waals surface area contributed by atoms with Crippen molar-refractivity contribution in [2.75, 3.05) is 18.5 Å². The molecule has 0 radical (unpaired) electrons. The number of para-hydroxylation sites is 2. The fraction of sp³-hybridized carbons (Fsp3) is 0.467. The third kappa shape index (κ3) is 2.54. The van der Waals surface area contributed by atoms with Crippen molar-refractivity contribution in [2.24, 2.45) is 5.41 Å². The third-order valence-corrected chi connectivity index (χ3v) is 4.09. The van der Waals surface area contributed by atoms with E-state index in [0.29, 0.717) is 0 Å². The molecule has 3 rings (SSSR count). The van der Waals surface area contributed by atoms with Crippen LogP contribution in [0, 0.1) is 5.41 Å². The van der Waals surface area contributed by atoms with Gasteiger partial charge in [0, 0.05) is 12.0 Å². The maximum absolute atomic E-state index is 9.59. The monoisotopic (exact) mass is 257 g/mol. The van der Waals surface area contributed by atoms with E-state index in [1.807, 2.05) is 24.3 Å². The topological polar surface area (TPSA) is 58.0 Å². The Hall–Kier alpha value is -1.68. The lowest BCUT2D eigenvalue weighted by molar-refractivity contribution is 0.142. The van der Waals surface area contributed by atoms with E-state index in [0.717, 1.165) is 36.2 Å². The van der Waals surface area contributed by atoms with Gasteiger partial charge in [-0.1, -0.05) is 25.0 Å². The number of rotatable bonds is 4. The smallest absolute Gasteiger partial charge is 0.145 e. The van der Waals surface area contributed by atoms with Crippen molar-refractivity contribution in [1.29, 1.82) is 0 Å². The quantitative estimate of drug-likeness (QED) is 0.884. The van der Waals surface area contributed by atoms with E-state index in [2.05, 4.69) is 15.3 Å². The number of nitrogens with one attached hydrogen (secondary N) is 1. The first-order valence-corrected chi connectivity index (χ1v) is 6.88. The van der Waals surface area contributed by atoms with Crippen molar-refractivity contribution < 1.29 is 5.11 Å². The highest BCUT2D eigenvalue weighted by molar-refractivity contribution is 5.75. The van der Waals surface area contributed by atoms with Gasteiger partial charge in [-0.3, -0.25) is 4.98 Å². The van der Waals surface area contributed by atoms with Crippen LogP contribution in [0.15, 0.2) is 30.5 Å². The van der Waals surface area contributed by atoms with Crippen molar-refractivity contribution in [3.63, 3.8) is 0 Å². The highest BCUT2D eigenvalue weighted by Crippen LogP contribution is 2.37. The summed E-state index contributed by atoms with van der Waals surface area (Å²) in [6, 6.07) is 7.85. The third-order valence-electron chi connectivity index (χ3n) is 4.09. The van der Waals surface area contributed by atoms with Crippen LogP contribution in [-0.4, -0.2) is 28.2 Å². The molecule has 1 aromatic carbocycles. The zero-order valence-electron chi connectivity index (χ0n) is 11.0. The van der Waals surface area contributed by atoms with Gasteiger partial charge in [-0.05, 0) is 25.0 Å². The molecular weight excluding hydrogens is 238 g/mol. The summed E-state index contributed by atoms with van der Waals surface area (Å²) in [5.74, 6) is 0.790. The van der Waals surface area contributed by atoms with Crippen LogP contribution >= 0.6 is 0 Å². The SMILES string of the molecule is OCC1(CNc2cnc3ccccc3n2)CCCC1. The summed E-state index contributed by atoms with van der Waals surface area (Å²) in [7, 11) is 0. The lowest BCUT2D eigenvalue weighted by atomic mass is 9.87. The van der Waals surface area contributed by atoms with Crippen molar-refractivity contribution >= 4 is 16.9 Å². The van der Waals surface area contributed by atoms with Gasteiger partial charge in [0.25, 0.3) is 0 Å². The van der Waals surface area contributed by atoms with E-state index in [9.17, 15) is 5.11 Å². The van der Waals surface area contributed by atoms with Gasteiger partial charge in [-0.25, -0.2) is 4.98 Å². The maximum Gasteiger partial charge on any atom is 0.145 e. The molecule has 19 heavy (non-hydrogen) atoms. The van der Waals surface area contributed by atoms with E-state index in [-0.39, 0.29) is 12.0 Å². The summed E-state index contributed by atoms with van der Waals surface area (Å²) in [4.78, 5) is 8.93. The molecule has 0 spiro atoms. The molecule has 0 unspecified atom stereocenters. The van der Waals surface area contributed by atoms with Crippen LogP contribution in [0.25, 0.3) is 11.0 Å². The van der Waals surface area contributed by atoms with E-state index >= 15 is 0 Å². The molecule has 2 aromatic rings. The Bertz CT molecular complexity index is 564. The average molecular weight is 257 g/mol. The van der Waals surface area contributed by atoms with E-state index in [1.165, 1.54) is 12.8 Å². The Morgan fingerprint density at radius 3 is 2.63 bits per heavy atom. The highest BCUT2D eigenvalue weighted by atomic mass is 16.3. The van der Waals surface area contributed by atoms with Crippen LogP contribution in [-0.2, 0) is 0 Å². The minimum absolute atomic E-state index is 0.0350. The fourth-order valence-corrected chi connectivity index (χ4v) is 2.84. The number of hydrogen-bond donors (Lipinski definition) is 2. The Labute approximate surface area is 112 Å². The number of aliphatic hydroxyl groups is 1. The minimum Gasteiger partial charge on any atom is -0.396 e. The first-order valence-electron chi connectivity index (χ1n) is 6.88. The van der Waals surface area contributed by atoms with Gasteiger partial charge in [0.1, 0.15) is 5.82 Å². The fourth-order valence-electron chi connectivity index (χ4n) is 2.84. The van der Waals surface area contributed by atoms with Crippen molar-refractivity contribution in [1.82, 2.24) is 9.97 Å². The molecule has 0 atom stereocenters. The average Bonchev–Trinajstić information content (AvgIpc) is 2.94. The summed E-state index contributed by atoms with van der Waals surface area (Å²) >= 11 is 0. The number of aliphatic hydroxyl groups excluding tert-OH is 1. The van der Waals surface area contributed by atoms with Gasteiger partial charge in [-0.2, -0.15) is 0 Å². The number of benzene rings is 1. The highest BCUT2D eigenvalue weighted by Gasteiger charge is 2.32. The number of fused-ring (bicyclic) bond motifs is 1. The molecule has 1 aromatic heterocycles. The summed E-state index contributed by atoms with van der Waals surface area (Å²) in [5, 5.41) is 12.9. The zero-order chi connectivity index (χ0) is 13.1. The van der Waals surface area contributed by atoms with Gasteiger partial charge >= 0.3 is 0 Å². The van der Waals surface area contributed by atoms with Crippen LogP contribution in [0.3, 0.4) is 0 Å². The van der Waals surface area contributed by atoms with E-state index in [4.69, 9.17) is 0 Å². The van der Waals surface area contributed by atoms with Gasteiger partial charge in [0.05, 0.1) is 23.8 Å². The Morgan fingerprint density at radius 2 is 1.89 bits per heavy atom. The summed E-state index contributed by atoms with van der Waals surface area (Å²) in [6.07, 6.45) is 6.38. The molecule has 1 saturated carbocycles. The molecule has 4 heteroatoms. The first-order chi connectivity index (χ1) is 9.31. The van der Waals surface area contributed by atoms with Crippen LogP contribution in [0.2, 0.25) is 0 Å². The second-order valence-electron chi connectivity index (χ2n) is 5.46. The molecule has 1 aliphatic rings. The van der Waals surface area contributed by atoms with Gasteiger partial charge in [0.2, 0.25) is 0 Å². The predicted octanol–water partition coefficient (Wildman–Crippen LogP) is 2.59. The molecule has 1 heterocycles. The zero-order valence-corrected chi connectivity index (χ0v) is 11.0. The second kappa shape index (κ2) is 5.13. The van der Waals surface area contributed by atoms with Crippen LogP contribution in [0.5, 0.6) is 0 Å². The molecule has 1 fully saturated rings. The lowest BCUT2D eigenvalue weighted by Crippen LogP contribution is -2.30. The van der Waals surface area contributed by atoms with Gasteiger partial charge in [-0.15, -0.1) is 0 Å². The Morgan fingerprint density at radius 1 is 1.16 bits per heavy atom. The normalized spacial score (nSPS) is 17.7. The van der Waals surface area contributed by atoms with Crippen molar-refractivity contribution in [2.45, 2.75) is 25.7 Å². The molecule has 4 nitrogen and oxygen atoms in total. The maximum atomic E-state index is 9.59. The number of nitrogens with zero attached hydrogens (tertiary/aromatic N) is 2. The van der Waals surface area contributed by atoms with Crippen LogP contribution in [0.1, 0.15) is 25.7 Å². The molecule has 0 aliphatic heterocycles. The molecule has 1 aliphatic carbocycles. The summed E-state index contributed by atoms with van der Waals surface area (Å²) in [6.45, 7) is 1.03. The van der Waals surface area contributed by atoms with Gasteiger partial charge in [0.15, 0.2) is 0 Å². The van der Waals surface area contributed by atoms with E-state index < -0.39 is 0 Å². The first kappa shape index (κ1) is 12.4. The molecular formula is C15H19N3O.